The summed E-state index contributed by atoms with van der Waals surface area (Å²) < 4.78 is 2.57. The number of nitrogens with zero attached hydrogens (tertiary/aromatic N) is 1. The third-order valence-corrected chi connectivity index (χ3v) is 5.89. The molecule has 0 spiro atoms. The number of carbonyl (C=O) groups is 1. The fourth-order valence-corrected chi connectivity index (χ4v) is 4.64. The Kier molecular flexibility index (Phi) is 3.44. The van der Waals surface area contributed by atoms with Crippen LogP contribution in [0.5, 0.6) is 0 Å². The van der Waals surface area contributed by atoms with Crippen molar-refractivity contribution in [3.05, 3.63) is 75.2 Å². The number of hydrogen-bond acceptors (Lipinski definition) is 4. The van der Waals surface area contributed by atoms with E-state index in [1.54, 1.807) is 0 Å². The molecule has 5 rings (SSSR count). The fourth-order valence-electron chi connectivity index (χ4n) is 3.33. The summed E-state index contributed by atoms with van der Waals surface area (Å²) in [6.07, 6.45) is 1.60. The van der Waals surface area contributed by atoms with Crippen molar-refractivity contribution in [3.8, 4) is 5.69 Å². The first kappa shape index (κ1) is 15.4. The maximum Gasteiger partial charge on any atom is 0.267 e. The highest BCUT2D eigenvalue weighted by molar-refractivity contribution is 7.73. The highest BCUT2D eigenvalue weighted by Gasteiger charge is 2.30. The zero-order valence-electron chi connectivity index (χ0n) is 13.5. The van der Waals surface area contributed by atoms with Crippen LogP contribution in [0.2, 0.25) is 0 Å². The molecule has 0 saturated heterocycles. The largest absolute Gasteiger partial charge is 0.361 e. The van der Waals surface area contributed by atoms with E-state index in [2.05, 4.69) is 15.6 Å². The Morgan fingerprint density at radius 2 is 1.77 bits per heavy atom. The van der Waals surface area contributed by atoms with Crippen molar-refractivity contribution in [1.29, 1.82) is 0 Å². The standard InChI is InChI=1S/C19H14N4OS2/c24-18-15-17(23(19(25)26-15)11-6-2-1-3-7-11)21-16(22-18)13-10-20-14-9-5-4-8-12(13)14/h1-10,16,20-21H,(H,22,24)/t16-/m1/s1. The van der Waals surface area contributed by atoms with E-state index < -0.39 is 0 Å². The molecule has 1 aliphatic heterocycles. The van der Waals surface area contributed by atoms with Gasteiger partial charge < -0.3 is 15.6 Å². The van der Waals surface area contributed by atoms with Gasteiger partial charge in [-0.15, -0.1) is 0 Å². The fraction of sp³-hybridized carbons (Fsp3) is 0.0526. The van der Waals surface area contributed by atoms with Crippen LogP contribution in [0.25, 0.3) is 16.6 Å². The van der Waals surface area contributed by atoms with Gasteiger partial charge in [0.1, 0.15) is 16.9 Å². The van der Waals surface area contributed by atoms with Crippen LogP contribution in [0.4, 0.5) is 5.82 Å². The van der Waals surface area contributed by atoms with Crippen LogP contribution in [0, 0.1) is 3.95 Å². The number of carbonyl (C=O) groups excluding carboxylic acids is 1. The molecule has 7 heteroatoms. The number of para-hydroxylation sites is 2. The molecule has 0 saturated carbocycles. The molecule has 128 valence electrons. The van der Waals surface area contributed by atoms with Crippen LogP contribution in [0.1, 0.15) is 21.4 Å². The average molecular weight is 378 g/mol. The molecular formula is C19H14N4OS2. The Morgan fingerprint density at radius 1 is 1.00 bits per heavy atom. The molecule has 4 aromatic rings. The van der Waals surface area contributed by atoms with E-state index in [4.69, 9.17) is 12.2 Å². The molecule has 3 N–H and O–H groups in total. The second kappa shape index (κ2) is 5.82. The molecule has 5 nitrogen and oxygen atoms in total. The average Bonchev–Trinajstić information content (AvgIpc) is 3.23. The Bertz CT molecular complexity index is 1190. The number of fused-ring (bicyclic) bond motifs is 2. The minimum absolute atomic E-state index is 0.111. The molecular weight excluding hydrogens is 364 g/mol. The van der Waals surface area contributed by atoms with E-state index in [1.165, 1.54) is 11.3 Å². The number of thiazole rings is 1. The molecule has 1 atom stereocenters. The van der Waals surface area contributed by atoms with Crippen LogP contribution in [0.15, 0.2) is 60.8 Å². The number of anilines is 1. The first-order valence-electron chi connectivity index (χ1n) is 8.17. The van der Waals surface area contributed by atoms with Crippen LogP contribution in [-0.4, -0.2) is 15.5 Å². The lowest BCUT2D eigenvalue weighted by atomic mass is 10.1. The summed E-state index contributed by atoms with van der Waals surface area (Å²) in [6.45, 7) is 0. The molecule has 3 heterocycles. The highest BCUT2D eigenvalue weighted by Crippen LogP contribution is 2.35. The van der Waals surface area contributed by atoms with Gasteiger partial charge in [0.05, 0.1) is 0 Å². The first-order chi connectivity index (χ1) is 12.7. The summed E-state index contributed by atoms with van der Waals surface area (Å²) >= 11 is 6.84. The summed E-state index contributed by atoms with van der Waals surface area (Å²) in [5, 5.41) is 7.58. The van der Waals surface area contributed by atoms with Crippen LogP contribution in [0.3, 0.4) is 0 Å². The lowest BCUT2D eigenvalue weighted by Gasteiger charge is -2.26. The maximum atomic E-state index is 12.7. The van der Waals surface area contributed by atoms with E-state index in [9.17, 15) is 4.79 Å². The monoisotopic (exact) mass is 378 g/mol. The second-order valence-corrected chi connectivity index (χ2v) is 7.70. The third-order valence-electron chi connectivity index (χ3n) is 4.52. The van der Waals surface area contributed by atoms with Gasteiger partial charge in [-0.25, -0.2) is 0 Å². The van der Waals surface area contributed by atoms with Gasteiger partial charge in [0.15, 0.2) is 3.95 Å². The van der Waals surface area contributed by atoms with Gasteiger partial charge in [-0.05, 0) is 30.4 Å². The van der Waals surface area contributed by atoms with Gasteiger partial charge in [-0.1, -0.05) is 47.7 Å². The smallest absolute Gasteiger partial charge is 0.267 e. The number of nitrogens with one attached hydrogen (secondary N) is 3. The van der Waals surface area contributed by atoms with Crippen molar-refractivity contribution in [1.82, 2.24) is 14.9 Å². The van der Waals surface area contributed by atoms with Gasteiger partial charge in [0, 0.05) is 28.4 Å². The van der Waals surface area contributed by atoms with Gasteiger partial charge in [0.25, 0.3) is 5.91 Å². The summed E-state index contributed by atoms with van der Waals surface area (Å²) in [6, 6.07) is 17.9. The van der Waals surface area contributed by atoms with Gasteiger partial charge in [0.2, 0.25) is 0 Å². The number of aromatic amines is 1. The maximum absolute atomic E-state index is 12.7. The Balaban J connectivity index is 1.65. The summed E-state index contributed by atoms with van der Waals surface area (Å²) in [5.74, 6) is 0.630. The van der Waals surface area contributed by atoms with Crippen molar-refractivity contribution in [2.24, 2.45) is 0 Å². The summed E-state index contributed by atoms with van der Waals surface area (Å²) in [4.78, 5) is 16.6. The zero-order chi connectivity index (χ0) is 17.7. The van der Waals surface area contributed by atoms with Crippen molar-refractivity contribution in [2.75, 3.05) is 5.32 Å². The predicted molar refractivity (Wildman–Crippen MR) is 107 cm³/mol. The lowest BCUT2D eigenvalue weighted by Crippen LogP contribution is -2.38. The molecule has 26 heavy (non-hydrogen) atoms. The van der Waals surface area contributed by atoms with Gasteiger partial charge in [-0.2, -0.15) is 0 Å². The van der Waals surface area contributed by atoms with Crippen LogP contribution in [-0.2, 0) is 0 Å². The zero-order valence-corrected chi connectivity index (χ0v) is 15.2. The second-order valence-electron chi connectivity index (χ2n) is 6.06. The number of amides is 1. The van der Waals surface area contributed by atoms with Crippen molar-refractivity contribution >= 4 is 46.2 Å². The quantitative estimate of drug-likeness (QED) is 0.447. The molecule has 0 aliphatic carbocycles. The SMILES string of the molecule is O=C1N[C@H](c2c[nH]c3ccccc23)Nc2c1sc(=S)n2-c1ccccc1. The lowest BCUT2D eigenvalue weighted by molar-refractivity contribution is 0.0939. The molecule has 0 unspecified atom stereocenters. The highest BCUT2D eigenvalue weighted by atomic mass is 32.1. The van der Waals surface area contributed by atoms with Gasteiger partial charge >= 0.3 is 0 Å². The minimum atomic E-state index is -0.329. The molecule has 1 aliphatic rings. The Hall–Kier alpha value is -2.90. The number of rotatable bonds is 2. The first-order valence-corrected chi connectivity index (χ1v) is 9.39. The summed E-state index contributed by atoms with van der Waals surface area (Å²) in [7, 11) is 0. The van der Waals surface area contributed by atoms with E-state index in [0.717, 1.165) is 28.0 Å². The van der Waals surface area contributed by atoms with Gasteiger partial charge in [-0.3, -0.25) is 9.36 Å². The van der Waals surface area contributed by atoms with E-state index in [-0.39, 0.29) is 12.1 Å². The third kappa shape index (κ3) is 2.28. The van der Waals surface area contributed by atoms with Crippen molar-refractivity contribution in [2.45, 2.75) is 6.17 Å². The Labute approximate surface area is 158 Å². The topological polar surface area (TPSA) is 61.9 Å². The van der Waals surface area contributed by atoms with Crippen LogP contribution < -0.4 is 10.6 Å². The number of aromatic nitrogens is 2. The molecule has 0 bridgehead atoms. The van der Waals surface area contributed by atoms with Crippen LogP contribution >= 0.6 is 23.6 Å². The Morgan fingerprint density at radius 3 is 2.62 bits per heavy atom. The number of benzene rings is 2. The molecule has 2 aromatic heterocycles. The van der Waals surface area contributed by atoms with Crippen molar-refractivity contribution < 1.29 is 4.79 Å². The van der Waals surface area contributed by atoms with E-state index in [1.807, 2.05) is 65.4 Å². The van der Waals surface area contributed by atoms with E-state index >= 15 is 0 Å². The molecule has 2 aromatic carbocycles. The normalized spacial score (nSPS) is 16.2. The predicted octanol–water partition coefficient (Wildman–Crippen LogP) is 4.60. The number of H-pyrrole nitrogens is 1. The number of hydrogen-bond donors (Lipinski definition) is 3. The minimum Gasteiger partial charge on any atom is -0.361 e. The molecule has 1 amide bonds. The van der Waals surface area contributed by atoms with E-state index in [0.29, 0.717) is 8.83 Å². The molecule has 0 radical (unpaired) electrons. The summed E-state index contributed by atoms with van der Waals surface area (Å²) in [5.41, 5.74) is 2.97. The van der Waals surface area contributed by atoms with Crippen molar-refractivity contribution in [3.63, 3.8) is 0 Å². The molecule has 0 fully saturated rings.